The molecular formula is C13H21ClN4O. The number of nitrogens with zero attached hydrogens (tertiary/aromatic N) is 2. The summed E-state index contributed by atoms with van der Waals surface area (Å²) < 4.78 is 0. The monoisotopic (exact) mass is 284 g/mol. The molecule has 3 N–H and O–H groups in total. The number of nitrogens with one attached hydrogen (secondary N) is 1. The zero-order valence-corrected chi connectivity index (χ0v) is 12.5. The Hall–Kier alpha value is -1.33. The Bertz CT molecular complexity index is 448. The van der Waals surface area contributed by atoms with Gasteiger partial charge in [-0.1, -0.05) is 25.4 Å². The minimum absolute atomic E-state index is 0.0490. The second-order valence-electron chi connectivity index (χ2n) is 5.18. The number of hydrogen-bond donors (Lipinski definition) is 2. The van der Waals surface area contributed by atoms with Gasteiger partial charge in [0.25, 0.3) is 5.91 Å². The first-order chi connectivity index (χ1) is 8.81. The lowest BCUT2D eigenvalue weighted by molar-refractivity contribution is 0.0916. The van der Waals surface area contributed by atoms with Crippen molar-refractivity contribution in [2.75, 3.05) is 26.4 Å². The van der Waals surface area contributed by atoms with E-state index in [2.05, 4.69) is 24.1 Å². The molecule has 106 valence electrons. The summed E-state index contributed by atoms with van der Waals surface area (Å²) >= 11 is 5.97. The first-order valence-electron chi connectivity index (χ1n) is 6.18. The van der Waals surface area contributed by atoms with E-state index in [9.17, 15) is 4.79 Å². The predicted octanol–water partition coefficient (Wildman–Crippen LogP) is 1.63. The Labute approximate surface area is 119 Å². The molecule has 1 amide bonds. The smallest absolute Gasteiger partial charge is 0.253 e. The third-order valence-electron chi connectivity index (χ3n) is 2.80. The van der Waals surface area contributed by atoms with Gasteiger partial charge in [0, 0.05) is 18.8 Å². The maximum Gasteiger partial charge on any atom is 0.253 e. The van der Waals surface area contributed by atoms with E-state index in [0.717, 1.165) is 6.54 Å². The molecule has 0 aliphatic rings. The second-order valence-corrected chi connectivity index (χ2v) is 5.58. The highest BCUT2D eigenvalue weighted by molar-refractivity contribution is 6.33. The number of hydrogen-bond acceptors (Lipinski definition) is 4. The summed E-state index contributed by atoms with van der Waals surface area (Å²) in [6.45, 7) is 4.90. The standard InChI is InChI=1S/C13H21ClN4O/c1-8(2)11(7-18(3)4)17-13(19)9-5-12(15)16-6-10(9)14/h5-6,8,11H,7H2,1-4H3,(H2,15,16)(H,17,19). The van der Waals surface area contributed by atoms with Gasteiger partial charge in [-0.2, -0.15) is 0 Å². The van der Waals surface area contributed by atoms with Crippen LogP contribution in [0.2, 0.25) is 5.02 Å². The molecule has 1 rings (SSSR count). The first-order valence-corrected chi connectivity index (χ1v) is 6.55. The Kier molecular flexibility index (Phi) is 5.57. The lowest BCUT2D eigenvalue weighted by Gasteiger charge is -2.25. The van der Waals surface area contributed by atoms with Gasteiger partial charge in [0.05, 0.1) is 10.6 Å². The maximum atomic E-state index is 12.2. The molecule has 1 aromatic rings. The van der Waals surface area contributed by atoms with E-state index < -0.39 is 0 Å². The Morgan fingerprint density at radius 1 is 1.53 bits per heavy atom. The van der Waals surface area contributed by atoms with Gasteiger partial charge in [-0.15, -0.1) is 0 Å². The molecule has 0 bridgehead atoms. The Balaban J connectivity index is 2.84. The molecule has 0 spiro atoms. The first kappa shape index (κ1) is 15.7. The molecule has 0 saturated carbocycles. The zero-order valence-electron chi connectivity index (χ0n) is 11.8. The van der Waals surface area contributed by atoms with Gasteiger partial charge >= 0.3 is 0 Å². The van der Waals surface area contributed by atoms with Crippen molar-refractivity contribution in [2.24, 2.45) is 5.92 Å². The van der Waals surface area contributed by atoms with E-state index in [-0.39, 0.29) is 17.8 Å². The Morgan fingerprint density at radius 2 is 2.16 bits per heavy atom. The van der Waals surface area contributed by atoms with Crippen molar-refractivity contribution in [1.29, 1.82) is 0 Å². The fourth-order valence-electron chi connectivity index (χ4n) is 1.69. The summed E-state index contributed by atoms with van der Waals surface area (Å²) in [5, 5.41) is 3.29. The summed E-state index contributed by atoms with van der Waals surface area (Å²) in [5.74, 6) is 0.382. The molecule has 0 saturated heterocycles. The fraction of sp³-hybridized carbons (Fsp3) is 0.538. The third-order valence-corrected chi connectivity index (χ3v) is 3.11. The minimum Gasteiger partial charge on any atom is -0.384 e. The van der Waals surface area contributed by atoms with Crippen LogP contribution in [0.1, 0.15) is 24.2 Å². The average molecular weight is 285 g/mol. The SMILES string of the molecule is CC(C)C(CN(C)C)NC(=O)c1cc(N)ncc1Cl. The van der Waals surface area contributed by atoms with Crippen molar-refractivity contribution in [3.05, 3.63) is 22.8 Å². The fourth-order valence-corrected chi connectivity index (χ4v) is 1.88. The van der Waals surface area contributed by atoms with Crippen molar-refractivity contribution in [3.8, 4) is 0 Å². The number of carbonyl (C=O) groups is 1. The topological polar surface area (TPSA) is 71.2 Å². The summed E-state index contributed by atoms with van der Waals surface area (Å²) in [7, 11) is 3.94. The van der Waals surface area contributed by atoms with E-state index in [4.69, 9.17) is 17.3 Å². The van der Waals surface area contributed by atoms with Gasteiger partial charge in [-0.05, 0) is 26.1 Å². The van der Waals surface area contributed by atoms with E-state index in [1.165, 1.54) is 12.3 Å². The molecule has 0 aromatic carbocycles. The summed E-state index contributed by atoms with van der Waals surface area (Å²) in [6.07, 6.45) is 1.39. The molecule has 6 heteroatoms. The summed E-state index contributed by atoms with van der Waals surface area (Å²) in [5.41, 5.74) is 5.94. The molecule has 1 unspecified atom stereocenters. The largest absolute Gasteiger partial charge is 0.384 e. The summed E-state index contributed by atoms with van der Waals surface area (Å²) in [4.78, 5) is 18.1. The van der Waals surface area contributed by atoms with Crippen LogP contribution in [0, 0.1) is 5.92 Å². The molecule has 1 heterocycles. The number of carbonyl (C=O) groups excluding carboxylic acids is 1. The van der Waals surface area contributed by atoms with E-state index >= 15 is 0 Å². The predicted molar refractivity (Wildman–Crippen MR) is 78.3 cm³/mol. The van der Waals surface area contributed by atoms with Crippen LogP contribution in [0.4, 0.5) is 5.82 Å². The van der Waals surface area contributed by atoms with Crippen LogP contribution >= 0.6 is 11.6 Å². The van der Waals surface area contributed by atoms with Crippen LogP contribution in [0.25, 0.3) is 0 Å². The normalized spacial score (nSPS) is 12.8. The highest BCUT2D eigenvalue weighted by atomic mass is 35.5. The minimum atomic E-state index is -0.223. The molecule has 1 atom stereocenters. The highest BCUT2D eigenvalue weighted by Crippen LogP contribution is 2.17. The van der Waals surface area contributed by atoms with Crippen LogP contribution in [-0.2, 0) is 0 Å². The third kappa shape index (κ3) is 4.69. The van der Waals surface area contributed by atoms with Crippen molar-refractivity contribution in [3.63, 3.8) is 0 Å². The number of pyridine rings is 1. The zero-order chi connectivity index (χ0) is 14.6. The molecule has 0 radical (unpaired) electrons. The molecule has 0 aliphatic heterocycles. The molecule has 0 fully saturated rings. The lowest BCUT2D eigenvalue weighted by Crippen LogP contribution is -2.45. The molecule has 0 aliphatic carbocycles. The van der Waals surface area contributed by atoms with Crippen LogP contribution in [0.5, 0.6) is 0 Å². The number of halogens is 1. The molecule has 19 heavy (non-hydrogen) atoms. The Morgan fingerprint density at radius 3 is 2.68 bits per heavy atom. The molecule has 1 aromatic heterocycles. The number of aromatic nitrogens is 1. The lowest BCUT2D eigenvalue weighted by atomic mass is 10.0. The number of nitrogen functional groups attached to an aromatic ring is 1. The number of rotatable bonds is 5. The van der Waals surface area contributed by atoms with Crippen LogP contribution in [0.15, 0.2) is 12.3 Å². The van der Waals surface area contributed by atoms with E-state index in [0.29, 0.717) is 16.5 Å². The number of anilines is 1. The molecular weight excluding hydrogens is 264 g/mol. The van der Waals surface area contributed by atoms with Gasteiger partial charge in [0.2, 0.25) is 0 Å². The molecule has 5 nitrogen and oxygen atoms in total. The maximum absolute atomic E-state index is 12.2. The second kappa shape index (κ2) is 6.73. The van der Waals surface area contributed by atoms with E-state index in [1.807, 2.05) is 19.0 Å². The van der Waals surface area contributed by atoms with Gasteiger partial charge in [0.15, 0.2) is 0 Å². The van der Waals surface area contributed by atoms with Gasteiger partial charge in [-0.3, -0.25) is 4.79 Å². The number of amides is 1. The summed E-state index contributed by atoms with van der Waals surface area (Å²) in [6, 6.07) is 1.54. The van der Waals surface area contributed by atoms with Crippen molar-refractivity contribution in [1.82, 2.24) is 15.2 Å². The van der Waals surface area contributed by atoms with Crippen LogP contribution < -0.4 is 11.1 Å². The van der Waals surface area contributed by atoms with Crippen molar-refractivity contribution in [2.45, 2.75) is 19.9 Å². The van der Waals surface area contributed by atoms with Crippen LogP contribution in [0.3, 0.4) is 0 Å². The van der Waals surface area contributed by atoms with Gasteiger partial charge < -0.3 is 16.0 Å². The van der Waals surface area contributed by atoms with Crippen LogP contribution in [-0.4, -0.2) is 42.5 Å². The van der Waals surface area contributed by atoms with E-state index in [1.54, 1.807) is 0 Å². The van der Waals surface area contributed by atoms with Gasteiger partial charge in [-0.25, -0.2) is 4.98 Å². The highest BCUT2D eigenvalue weighted by Gasteiger charge is 2.19. The van der Waals surface area contributed by atoms with Crippen molar-refractivity contribution >= 4 is 23.3 Å². The number of likely N-dealkylation sites (N-methyl/N-ethyl adjacent to an activating group) is 1. The van der Waals surface area contributed by atoms with Gasteiger partial charge in [0.1, 0.15) is 5.82 Å². The quantitative estimate of drug-likeness (QED) is 0.862. The average Bonchev–Trinajstić information content (AvgIpc) is 2.30. The number of nitrogens with two attached hydrogens (primary N) is 1. The van der Waals surface area contributed by atoms with Crippen molar-refractivity contribution < 1.29 is 4.79 Å².